The first-order valence-corrected chi connectivity index (χ1v) is 32.7. The maximum Gasteiger partial charge on any atom is 0.306 e. The van der Waals surface area contributed by atoms with E-state index >= 15 is 0 Å². The van der Waals surface area contributed by atoms with Crippen LogP contribution in [0.3, 0.4) is 0 Å². The molecule has 0 aliphatic rings. The Kier molecular flexibility index (Phi) is 62.3. The fourth-order valence-electron chi connectivity index (χ4n) is 8.79. The second-order valence-corrected chi connectivity index (χ2v) is 21.3. The smallest absolute Gasteiger partial charge is 0.306 e. The fraction of sp³-hybridized carbons (Fsp3) is 0.658. The van der Waals surface area contributed by atoms with E-state index in [0.717, 1.165) is 154 Å². The van der Waals surface area contributed by atoms with E-state index < -0.39 is 6.10 Å². The van der Waals surface area contributed by atoms with Gasteiger partial charge >= 0.3 is 17.9 Å². The summed E-state index contributed by atoms with van der Waals surface area (Å²) < 4.78 is 16.8. The monoisotopic (exact) mass is 1090 g/mol. The molecule has 0 aliphatic heterocycles. The average Bonchev–Trinajstić information content (AvgIpc) is 3.45. The van der Waals surface area contributed by atoms with E-state index in [1.165, 1.54) is 96.3 Å². The van der Waals surface area contributed by atoms with Crippen LogP contribution in [-0.4, -0.2) is 37.2 Å². The Balaban J connectivity index is 4.14. The first kappa shape index (κ1) is 74.5. The molecule has 0 aromatic rings. The second kappa shape index (κ2) is 66.1. The molecular weight excluding hydrogens is 973 g/mol. The SMILES string of the molecule is CC/C=C\C/C=C\C/C=C\C/C=C\C/C=C\C/C=C\CCCCCCCCCCCCCCCCCCC(=O)OCC(COC(=O)CCCCCCC/C=C\C/C=C\CCC)OC(=O)CCCCC/C=C\C/C=C\C/C=C\CC. The number of rotatable bonds is 58. The lowest BCUT2D eigenvalue weighted by Gasteiger charge is -2.18. The molecule has 0 amide bonds. The number of hydrogen-bond acceptors (Lipinski definition) is 6. The maximum absolute atomic E-state index is 12.8. The Bertz CT molecular complexity index is 1680. The molecule has 0 saturated heterocycles. The summed E-state index contributed by atoms with van der Waals surface area (Å²) in [6.45, 7) is 6.31. The lowest BCUT2D eigenvalue weighted by Crippen LogP contribution is -2.30. The number of allylic oxidation sites excluding steroid dienone is 22. The fourth-order valence-corrected chi connectivity index (χ4v) is 8.79. The number of carbonyl (C=O) groups is 3. The van der Waals surface area contributed by atoms with E-state index in [-0.39, 0.29) is 37.5 Å². The third kappa shape index (κ3) is 64.3. The molecule has 0 fully saturated rings. The van der Waals surface area contributed by atoms with Gasteiger partial charge in [-0.2, -0.15) is 0 Å². The summed E-state index contributed by atoms with van der Waals surface area (Å²) in [4.78, 5) is 38.2. The first-order chi connectivity index (χ1) is 39.0. The number of hydrogen-bond donors (Lipinski definition) is 0. The lowest BCUT2D eigenvalue weighted by atomic mass is 10.0. The van der Waals surface area contributed by atoms with Crippen LogP contribution in [0.2, 0.25) is 0 Å². The standard InChI is InChI=1S/C73H120O6/c1-4-7-10-13-16-19-22-25-26-27-28-29-30-31-32-33-34-35-36-37-38-39-40-41-42-43-44-45-46-49-51-54-57-60-63-66-72(75)78-69-70(79-73(76)67-64-61-58-55-52-48-24-21-18-15-12-9-6-3)68-77-71(74)65-62-59-56-53-50-47-23-20-17-14-11-8-5-2/h7,9-12,14,16,18-21,23,25-26,28-29,31-32,34-35,48,52,70H,4-6,8,13,15,17,22,24,27,30,33,36-47,49-51,53-69H2,1-3H3/b10-7-,12-9-,14-11-,19-16-,21-18-,23-20-,26-25-,29-28-,32-31-,35-34-,52-48-. The largest absolute Gasteiger partial charge is 0.462 e. The quantitative estimate of drug-likeness (QED) is 0.0261. The third-order valence-corrected chi connectivity index (χ3v) is 13.6. The predicted octanol–water partition coefficient (Wildman–Crippen LogP) is 22.5. The Labute approximate surface area is 487 Å². The van der Waals surface area contributed by atoms with Crippen molar-refractivity contribution in [1.82, 2.24) is 0 Å². The molecule has 79 heavy (non-hydrogen) atoms. The van der Waals surface area contributed by atoms with Crippen LogP contribution in [0.5, 0.6) is 0 Å². The number of carbonyl (C=O) groups excluding carboxylic acids is 3. The summed E-state index contributed by atoms with van der Waals surface area (Å²) in [6, 6.07) is 0. The van der Waals surface area contributed by atoms with Gasteiger partial charge in [-0.25, -0.2) is 0 Å². The van der Waals surface area contributed by atoms with Gasteiger partial charge in [0.1, 0.15) is 13.2 Å². The molecule has 0 heterocycles. The van der Waals surface area contributed by atoms with E-state index in [4.69, 9.17) is 14.2 Å². The van der Waals surface area contributed by atoms with Gasteiger partial charge < -0.3 is 14.2 Å². The summed E-state index contributed by atoms with van der Waals surface area (Å²) in [6.07, 6.45) is 93.4. The van der Waals surface area contributed by atoms with Gasteiger partial charge in [0.2, 0.25) is 0 Å². The van der Waals surface area contributed by atoms with E-state index in [2.05, 4.69) is 154 Å². The van der Waals surface area contributed by atoms with Crippen molar-refractivity contribution in [3.8, 4) is 0 Å². The number of unbranched alkanes of at least 4 members (excludes halogenated alkanes) is 25. The van der Waals surface area contributed by atoms with Gasteiger partial charge in [-0.3, -0.25) is 14.4 Å². The summed E-state index contributed by atoms with van der Waals surface area (Å²) in [7, 11) is 0. The van der Waals surface area contributed by atoms with Crippen molar-refractivity contribution in [2.24, 2.45) is 0 Å². The van der Waals surface area contributed by atoms with E-state index in [9.17, 15) is 14.4 Å². The summed E-state index contributed by atoms with van der Waals surface area (Å²) in [5.74, 6) is -0.938. The van der Waals surface area contributed by atoms with Crippen molar-refractivity contribution < 1.29 is 28.6 Å². The molecule has 1 unspecified atom stereocenters. The Hall–Kier alpha value is -4.45. The maximum atomic E-state index is 12.8. The molecule has 6 heteroatoms. The first-order valence-electron chi connectivity index (χ1n) is 32.7. The highest BCUT2D eigenvalue weighted by Crippen LogP contribution is 2.16. The average molecular weight is 1090 g/mol. The second-order valence-electron chi connectivity index (χ2n) is 21.3. The zero-order chi connectivity index (χ0) is 57.1. The van der Waals surface area contributed by atoms with Crippen LogP contribution in [0, 0.1) is 0 Å². The lowest BCUT2D eigenvalue weighted by molar-refractivity contribution is -0.167. The van der Waals surface area contributed by atoms with Gasteiger partial charge in [0.25, 0.3) is 0 Å². The molecule has 0 saturated carbocycles. The molecule has 0 bridgehead atoms. The highest BCUT2D eigenvalue weighted by molar-refractivity contribution is 5.71. The zero-order valence-corrected chi connectivity index (χ0v) is 51.3. The normalized spacial score (nSPS) is 13.0. The Morgan fingerprint density at radius 2 is 0.494 bits per heavy atom. The molecule has 6 nitrogen and oxygen atoms in total. The van der Waals surface area contributed by atoms with Crippen molar-refractivity contribution >= 4 is 17.9 Å². The van der Waals surface area contributed by atoms with Crippen molar-refractivity contribution in [2.45, 2.75) is 297 Å². The molecule has 448 valence electrons. The van der Waals surface area contributed by atoms with Gasteiger partial charge in [-0.1, -0.05) is 276 Å². The van der Waals surface area contributed by atoms with Crippen LogP contribution in [0.25, 0.3) is 0 Å². The van der Waals surface area contributed by atoms with Crippen LogP contribution in [0.1, 0.15) is 290 Å². The summed E-state index contributed by atoms with van der Waals surface area (Å²) in [5.41, 5.74) is 0. The summed E-state index contributed by atoms with van der Waals surface area (Å²) in [5, 5.41) is 0. The molecule has 0 aromatic carbocycles. The minimum absolute atomic E-state index is 0.0955. The van der Waals surface area contributed by atoms with Gasteiger partial charge in [0.15, 0.2) is 6.10 Å². The van der Waals surface area contributed by atoms with Crippen molar-refractivity contribution in [2.75, 3.05) is 13.2 Å². The van der Waals surface area contributed by atoms with Crippen LogP contribution in [0.4, 0.5) is 0 Å². The van der Waals surface area contributed by atoms with Crippen LogP contribution < -0.4 is 0 Å². The van der Waals surface area contributed by atoms with Crippen LogP contribution >= 0.6 is 0 Å². The number of esters is 3. The minimum atomic E-state index is -0.801. The molecular formula is C73H120O6. The zero-order valence-electron chi connectivity index (χ0n) is 51.3. The highest BCUT2D eigenvalue weighted by Gasteiger charge is 2.19. The third-order valence-electron chi connectivity index (χ3n) is 13.6. The predicted molar refractivity (Wildman–Crippen MR) is 343 cm³/mol. The molecule has 0 rings (SSSR count). The topological polar surface area (TPSA) is 78.9 Å². The van der Waals surface area contributed by atoms with Crippen LogP contribution in [-0.2, 0) is 28.6 Å². The molecule has 1 atom stereocenters. The van der Waals surface area contributed by atoms with Crippen molar-refractivity contribution in [3.05, 3.63) is 134 Å². The molecule has 0 aromatic heterocycles. The Morgan fingerprint density at radius 3 is 0.785 bits per heavy atom. The van der Waals surface area contributed by atoms with E-state index in [1.807, 2.05) is 0 Å². The van der Waals surface area contributed by atoms with Gasteiger partial charge in [-0.05, 0) is 128 Å². The van der Waals surface area contributed by atoms with Gasteiger partial charge in [0.05, 0.1) is 0 Å². The molecule has 0 aliphatic carbocycles. The van der Waals surface area contributed by atoms with Gasteiger partial charge in [0, 0.05) is 19.3 Å². The van der Waals surface area contributed by atoms with Gasteiger partial charge in [-0.15, -0.1) is 0 Å². The van der Waals surface area contributed by atoms with E-state index in [1.54, 1.807) is 0 Å². The van der Waals surface area contributed by atoms with Crippen molar-refractivity contribution in [1.29, 1.82) is 0 Å². The Morgan fingerprint density at radius 1 is 0.266 bits per heavy atom. The van der Waals surface area contributed by atoms with Crippen LogP contribution in [0.15, 0.2) is 134 Å². The van der Waals surface area contributed by atoms with Crippen molar-refractivity contribution in [3.63, 3.8) is 0 Å². The minimum Gasteiger partial charge on any atom is -0.462 e. The van der Waals surface area contributed by atoms with E-state index in [0.29, 0.717) is 12.8 Å². The molecule has 0 spiro atoms. The number of ether oxygens (including phenoxy) is 3. The highest BCUT2D eigenvalue weighted by atomic mass is 16.6. The molecule has 0 radical (unpaired) electrons. The molecule has 0 N–H and O–H groups in total. The summed E-state index contributed by atoms with van der Waals surface area (Å²) >= 11 is 0.